The predicted octanol–water partition coefficient (Wildman–Crippen LogP) is 2.15. The van der Waals surface area contributed by atoms with Crippen molar-refractivity contribution in [2.45, 2.75) is 38.1 Å². The van der Waals surface area contributed by atoms with E-state index in [4.69, 9.17) is 5.73 Å². The summed E-state index contributed by atoms with van der Waals surface area (Å²) in [4.78, 5) is 14.9. The first kappa shape index (κ1) is 15.3. The van der Waals surface area contributed by atoms with Gasteiger partial charge in [-0.25, -0.2) is 0 Å². The van der Waals surface area contributed by atoms with Crippen LogP contribution in [0.3, 0.4) is 0 Å². The zero-order chi connectivity index (χ0) is 15.4. The van der Waals surface area contributed by atoms with Gasteiger partial charge in [0.15, 0.2) is 0 Å². The molecule has 1 aliphatic heterocycles. The third-order valence-corrected chi connectivity index (χ3v) is 5.19. The SMILES string of the molecule is NC[C@H]1CCC[C@H]1C(=O)NC1CCCN(c2ccccc2)C1. The van der Waals surface area contributed by atoms with Crippen molar-refractivity contribution < 1.29 is 4.79 Å². The Bertz CT molecular complexity index is 490. The van der Waals surface area contributed by atoms with Crippen molar-refractivity contribution >= 4 is 11.6 Å². The molecule has 1 aromatic carbocycles. The van der Waals surface area contributed by atoms with Crippen molar-refractivity contribution in [3.05, 3.63) is 30.3 Å². The van der Waals surface area contributed by atoms with Gasteiger partial charge < -0.3 is 16.0 Å². The number of nitrogens with two attached hydrogens (primary N) is 1. The summed E-state index contributed by atoms with van der Waals surface area (Å²) in [5.74, 6) is 0.749. The molecule has 1 amide bonds. The predicted molar refractivity (Wildman–Crippen MR) is 89.7 cm³/mol. The molecule has 1 saturated heterocycles. The number of nitrogens with one attached hydrogen (secondary N) is 1. The first-order chi connectivity index (χ1) is 10.8. The zero-order valence-corrected chi connectivity index (χ0v) is 13.2. The molecule has 1 heterocycles. The summed E-state index contributed by atoms with van der Waals surface area (Å²) >= 11 is 0. The Balaban J connectivity index is 1.57. The molecule has 3 N–H and O–H groups in total. The number of piperidine rings is 1. The number of hydrogen-bond acceptors (Lipinski definition) is 3. The van der Waals surface area contributed by atoms with Gasteiger partial charge in [-0.15, -0.1) is 0 Å². The number of nitrogens with zero attached hydrogens (tertiary/aromatic N) is 1. The number of anilines is 1. The third-order valence-electron chi connectivity index (χ3n) is 5.19. The molecule has 2 aliphatic rings. The van der Waals surface area contributed by atoms with Crippen LogP contribution in [0.1, 0.15) is 32.1 Å². The first-order valence-electron chi connectivity index (χ1n) is 8.58. The highest BCUT2D eigenvalue weighted by atomic mass is 16.2. The van der Waals surface area contributed by atoms with Crippen molar-refractivity contribution in [3.63, 3.8) is 0 Å². The van der Waals surface area contributed by atoms with Gasteiger partial charge in [-0.1, -0.05) is 24.6 Å². The molecule has 4 nitrogen and oxygen atoms in total. The Labute approximate surface area is 133 Å². The Morgan fingerprint density at radius 1 is 1.18 bits per heavy atom. The Morgan fingerprint density at radius 3 is 2.77 bits per heavy atom. The molecule has 0 bridgehead atoms. The number of hydrogen-bond donors (Lipinski definition) is 2. The van der Waals surface area contributed by atoms with Gasteiger partial charge in [0.1, 0.15) is 0 Å². The molecule has 0 aromatic heterocycles. The summed E-state index contributed by atoms with van der Waals surface area (Å²) in [6.45, 7) is 2.62. The summed E-state index contributed by atoms with van der Waals surface area (Å²) in [5.41, 5.74) is 7.06. The molecule has 1 unspecified atom stereocenters. The highest BCUT2D eigenvalue weighted by Crippen LogP contribution is 2.31. The van der Waals surface area contributed by atoms with E-state index in [1.165, 1.54) is 5.69 Å². The lowest BCUT2D eigenvalue weighted by atomic mass is 9.94. The van der Waals surface area contributed by atoms with Gasteiger partial charge >= 0.3 is 0 Å². The Hall–Kier alpha value is -1.55. The molecule has 120 valence electrons. The highest BCUT2D eigenvalue weighted by Gasteiger charge is 2.33. The van der Waals surface area contributed by atoms with Crippen molar-refractivity contribution in [2.24, 2.45) is 17.6 Å². The number of benzene rings is 1. The molecule has 1 saturated carbocycles. The number of amides is 1. The molecule has 3 atom stereocenters. The molecular weight excluding hydrogens is 274 g/mol. The van der Waals surface area contributed by atoms with Gasteiger partial charge in [0.05, 0.1) is 0 Å². The average molecular weight is 301 g/mol. The molecule has 22 heavy (non-hydrogen) atoms. The highest BCUT2D eigenvalue weighted by molar-refractivity contribution is 5.79. The van der Waals surface area contributed by atoms with E-state index in [9.17, 15) is 4.79 Å². The van der Waals surface area contributed by atoms with E-state index in [0.717, 1.165) is 45.2 Å². The van der Waals surface area contributed by atoms with Gasteiger partial charge in [-0.3, -0.25) is 4.79 Å². The van der Waals surface area contributed by atoms with Crippen molar-refractivity contribution in [1.82, 2.24) is 5.32 Å². The largest absolute Gasteiger partial charge is 0.369 e. The number of carbonyl (C=O) groups excluding carboxylic acids is 1. The minimum absolute atomic E-state index is 0.136. The average Bonchev–Trinajstić information content (AvgIpc) is 3.05. The fourth-order valence-electron chi connectivity index (χ4n) is 3.94. The lowest BCUT2D eigenvalue weighted by molar-refractivity contribution is -0.126. The van der Waals surface area contributed by atoms with Crippen LogP contribution in [0, 0.1) is 11.8 Å². The number of para-hydroxylation sites is 1. The monoisotopic (exact) mass is 301 g/mol. The molecule has 1 aliphatic carbocycles. The van der Waals surface area contributed by atoms with Crippen LogP contribution >= 0.6 is 0 Å². The lowest BCUT2D eigenvalue weighted by Gasteiger charge is -2.35. The Morgan fingerprint density at radius 2 is 2.00 bits per heavy atom. The van der Waals surface area contributed by atoms with Gasteiger partial charge in [0, 0.05) is 30.7 Å². The van der Waals surface area contributed by atoms with E-state index < -0.39 is 0 Å². The second-order valence-corrected chi connectivity index (χ2v) is 6.66. The van der Waals surface area contributed by atoms with Crippen LogP contribution in [0.4, 0.5) is 5.69 Å². The molecule has 0 radical (unpaired) electrons. The third kappa shape index (κ3) is 3.43. The maximum Gasteiger partial charge on any atom is 0.223 e. The van der Waals surface area contributed by atoms with E-state index >= 15 is 0 Å². The van der Waals surface area contributed by atoms with E-state index in [1.54, 1.807) is 0 Å². The van der Waals surface area contributed by atoms with E-state index in [2.05, 4.69) is 34.5 Å². The van der Waals surface area contributed by atoms with Crippen molar-refractivity contribution in [3.8, 4) is 0 Å². The molecule has 0 spiro atoms. The number of rotatable bonds is 4. The lowest BCUT2D eigenvalue weighted by Crippen LogP contribution is -2.50. The Kier molecular flexibility index (Phi) is 4.98. The standard InChI is InChI=1S/C18H27N3O/c19-12-14-6-4-10-17(14)18(22)20-15-7-5-11-21(13-15)16-8-2-1-3-9-16/h1-3,8-9,14-15,17H,4-7,10-13,19H2,(H,20,22)/t14-,15?,17-/m1/s1. The first-order valence-corrected chi connectivity index (χ1v) is 8.58. The van der Waals surface area contributed by atoms with Crippen LogP contribution < -0.4 is 16.0 Å². The molecule has 3 rings (SSSR count). The fraction of sp³-hybridized carbons (Fsp3) is 0.611. The molecule has 1 aromatic rings. The van der Waals surface area contributed by atoms with E-state index in [-0.39, 0.29) is 17.9 Å². The van der Waals surface area contributed by atoms with Crippen LogP contribution in [0.5, 0.6) is 0 Å². The van der Waals surface area contributed by atoms with E-state index in [1.807, 2.05) is 6.07 Å². The molecule has 4 heteroatoms. The van der Waals surface area contributed by atoms with Gasteiger partial charge in [0.25, 0.3) is 0 Å². The normalized spacial score (nSPS) is 28.6. The van der Waals surface area contributed by atoms with Crippen LogP contribution in [0.25, 0.3) is 0 Å². The van der Waals surface area contributed by atoms with Gasteiger partial charge in [0.2, 0.25) is 5.91 Å². The van der Waals surface area contributed by atoms with Crippen LogP contribution in [-0.4, -0.2) is 31.6 Å². The maximum atomic E-state index is 12.5. The smallest absolute Gasteiger partial charge is 0.223 e. The number of carbonyl (C=O) groups is 1. The van der Waals surface area contributed by atoms with Crippen molar-refractivity contribution in [1.29, 1.82) is 0 Å². The minimum atomic E-state index is 0.136. The van der Waals surface area contributed by atoms with Crippen LogP contribution in [-0.2, 0) is 4.79 Å². The minimum Gasteiger partial charge on any atom is -0.369 e. The summed E-state index contributed by atoms with van der Waals surface area (Å²) < 4.78 is 0. The van der Waals surface area contributed by atoms with Crippen LogP contribution in [0.15, 0.2) is 30.3 Å². The fourth-order valence-corrected chi connectivity index (χ4v) is 3.94. The molecule has 2 fully saturated rings. The summed E-state index contributed by atoms with van der Waals surface area (Å²) in [5, 5.41) is 3.29. The van der Waals surface area contributed by atoms with Gasteiger partial charge in [-0.05, 0) is 50.3 Å². The quantitative estimate of drug-likeness (QED) is 0.896. The topological polar surface area (TPSA) is 58.4 Å². The van der Waals surface area contributed by atoms with Crippen molar-refractivity contribution in [2.75, 3.05) is 24.5 Å². The molecular formula is C18H27N3O. The van der Waals surface area contributed by atoms with E-state index in [0.29, 0.717) is 12.5 Å². The second-order valence-electron chi connectivity index (χ2n) is 6.66. The van der Waals surface area contributed by atoms with Gasteiger partial charge in [-0.2, -0.15) is 0 Å². The summed E-state index contributed by atoms with van der Waals surface area (Å²) in [6, 6.07) is 10.7. The summed E-state index contributed by atoms with van der Waals surface area (Å²) in [7, 11) is 0. The maximum absolute atomic E-state index is 12.5. The summed E-state index contributed by atoms with van der Waals surface area (Å²) in [6.07, 6.45) is 5.46. The van der Waals surface area contributed by atoms with Crippen LogP contribution in [0.2, 0.25) is 0 Å². The zero-order valence-electron chi connectivity index (χ0n) is 13.2. The second kappa shape index (κ2) is 7.14.